The molecule has 2 heteroatoms. The van der Waals surface area contributed by atoms with E-state index < -0.39 is 0 Å². The predicted molar refractivity (Wildman–Crippen MR) is 65.2 cm³/mol. The smallest absolute Gasteiger partial charge is 0.0737 e. The Balaban J connectivity index is 2.51. The fourth-order valence-electron chi connectivity index (χ4n) is 1.84. The summed E-state index contributed by atoms with van der Waals surface area (Å²) in [5.41, 5.74) is 4.43. The van der Waals surface area contributed by atoms with Crippen molar-refractivity contribution in [2.75, 3.05) is 6.61 Å². The molecule has 1 aromatic heterocycles. The van der Waals surface area contributed by atoms with Gasteiger partial charge in [-0.15, -0.1) is 0 Å². The molecule has 0 atom stereocenters. The molecule has 0 bridgehead atoms. The first kappa shape index (κ1) is 10.8. The molecule has 2 aromatic rings. The second-order valence-electron chi connectivity index (χ2n) is 3.80. The van der Waals surface area contributed by atoms with E-state index in [2.05, 4.69) is 24.0 Å². The molecule has 0 spiro atoms. The van der Waals surface area contributed by atoms with Crippen LogP contribution in [0, 0.1) is 6.92 Å². The van der Waals surface area contributed by atoms with Gasteiger partial charge in [-0.25, -0.2) is 0 Å². The zero-order valence-corrected chi connectivity index (χ0v) is 9.35. The molecule has 1 N–H and O–H groups in total. The number of aromatic nitrogens is 1. The second-order valence-corrected chi connectivity index (χ2v) is 3.80. The zero-order chi connectivity index (χ0) is 11.4. The van der Waals surface area contributed by atoms with Gasteiger partial charge in [0.05, 0.1) is 5.69 Å². The van der Waals surface area contributed by atoms with Crippen LogP contribution in [0.15, 0.2) is 42.6 Å². The summed E-state index contributed by atoms with van der Waals surface area (Å²) < 4.78 is 0. The third kappa shape index (κ3) is 2.12. The van der Waals surface area contributed by atoms with Crippen molar-refractivity contribution in [3.8, 4) is 11.3 Å². The molecule has 0 radical (unpaired) electrons. The molecule has 1 aromatic carbocycles. The Kier molecular flexibility index (Phi) is 3.32. The Hall–Kier alpha value is -1.67. The molecule has 0 saturated heterocycles. The number of pyridine rings is 1. The summed E-state index contributed by atoms with van der Waals surface area (Å²) in [7, 11) is 0. The summed E-state index contributed by atoms with van der Waals surface area (Å²) in [6, 6.07) is 12.1. The monoisotopic (exact) mass is 213 g/mol. The van der Waals surface area contributed by atoms with Gasteiger partial charge in [0.2, 0.25) is 0 Å². The minimum atomic E-state index is 0.157. The van der Waals surface area contributed by atoms with E-state index in [4.69, 9.17) is 5.11 Å². The number of benzene rings is 1. The van der Waals surface area contributed by atoms with Crippen molar-refractivity contribution in [3.63, 3.8) is 0 Å². The lowest BCUT2D eigenvalue weighted by molar-refractivity contribution is 0.299. The first-order valence-corrected chi connectivity index (χ1v) is 5.43. The third-order valence-corrected chi connectivity index (χ3v) is 2.67. The lowest BCUT2D eigenvalue weighted by Crippen LogP contribution is -1.97. The number of aryl methyl sites for hydroxylation is 1. The van der Waals surface area contributed by atoms with E-state index in [1.807, 2.05) is 24.3 Å². The molecule has 0 unspecified atom stereocenters. The highest BCUT2D eigenvalue weighted by atomic mass is 16.2. The van der Waals surface area contributed by atoms with Crippen LogP contribution < -0.4 is 0 Å². The first-order valence-electron chi connectivity index (χ1n) is 5.43. The Labute approximate surface area is 95.6 Å². The van der Waals surface area contributed by atoms with Crippen molar-refractivity contribution in [1.29, 1.82) is 0 Å². The van der Waals surface area contributed by atoms with Crippen LogP contribution in [0.3, 0.4) is 0 Å². The molecule has 0 fully saturated rings. The van der Waals surface area contributed by atoms with E-state index >= 15 is 0 Å². The minimum Gasteiger partial charge on any atom is -0.396 e. The van der Waals surface area contributed by atoms with Crippen molar-refractivity contribution in [3.05, 3.63) is 53.7 Å². The maximum Gasteiger partial charge on any atom is 0.0737 e. The van der Waals surface area contributed by atoms with E-state index in [-0.39, 0.29) is 6.61 Å². The van der Waals surface area contributed by atoms with Crippen molar-refractivity contribution in [2.45, 2.75) is 13.3 Å². The van der Waals surface area contributed by atoms with Gasteiger partial charge in [0, 0.05) is 18.4 Å². The molecule has 2 rings (SSSR count). The summed E-state index contributed by atoms with van der Waals surface area (Å²) >= 11 is 0. The molecule has 16 heavy (non-hydrogen) atoms. The Morgan fingerprint density at radius 3 is 2.69 bits per heavy atom. The SMILES string of the molecule is Cc1ccccc1-c1ncccc1CCO. The summed E-state index contributed by atoms with van der Waals surface area (Å²) in [5, 5.41) is 9.03. The summed E-state index contributed by atoms with van der Waals surface area (Å²) in [4.78, 5) is 4.42. The van der Waals surface area contributed by atoms with Crippen LogP contribution in [0.25, 0.3) is 11.3 Å². The topological polar surface area (TPSA) is 33.1 Å². The van der Waals surface area contributed by atoms with E-state index in [0.29, 0.717) is 6.42 Å². The number of hydrogen-bond donors (Lipinski definition) is 1. The van der Waals surface area contributed by atoms with Crippen molar-refractivity contribution in [1.82, 2.24) is 4.98 Å². The summed E-state index contributed by atoms with van der Waals surface area (Å²) in [6.07, 6.45) is 2.44. The summed E-state index contributed by atoms with van der Waals surface area (Å²) in [6.45, 7) is 2.23. The molecule has 0 amide bonds. The van der Waals surface area contributed by atoms with Crippen LogP contribution in [-0.4, -0.2) is 16.7 Å². The van der Waals surface area contributed by atoms with Gasteiger partial charge < -0.3 is 5.11 Å². The van der Waals surface area contributed by atoms with Crippen LogP contribution in [0.5, 0.6) is 0 Å². The Morgan fingerprint density at radius 2 is 1.94 bits per heavy atom. The highest BCUT2D eigenvalue weighted by Crippen LogP contribution is 2.24. The van der Waals surface area contributed by atoms with Crippen molar-refractivity contribution < 1.29 is 5.11 Å². The van der Waals surface area contributed by atoms with Gasteiger partial charge in [-0.3, -0.25) is 4.98 Å². The highest BCUT2D eigenvalue weighted by molar-refractivity contribution is 5.66. The quantitative estimate of drug-likeness (QED) is 0.850. The van der Waals surface area contributed by atoms with Gasteiger partial charge in [0.25, 0.3) is 0 Å². The predicted octanol–water partition coefficient (Wildman–Crippen LogP) is 2.59. The average molecular weight is 213 g/mol. The van der Waals surface area contributed by atoms with E-state index in [1.54, 1.807) is 6.20 Å². The van der Waals surface area contributed by atoms with Gasteiger partial charge >= 0.3 is 0 Å². The van der Waals surface area contributed by atoms with Crippen LogP contribution in [0.4, 0.5) is 0 Å². The Bertz CT molecular complexity index is 480. The molecule has 1 heterocycles. The average Bonchev–Trinajstić information content (AvgIpc) is 2.31. The number of aliphatic hydroxyl groups excluding tert-OH is 1. The van der Waals surface area contributed by atoms with Crippen molar-refractivity contribution >= 4 is 0 Å². The standard InChI is InChI=1S/C14H15NO/c1-11-5-2-3-7-13(11)14-12(8-10-16)6-4-9-15-14/h2-7,9,16H,8,10H2,1H3. The van der Waals surface area contributed by atoms with Crippen molar-refractivity contribution in [2.24, 2.45) is 0 Å². The first-order chi connectivity index (χ1) is 7.83. The molecule has 0 saturated carbocycles. The fraction of sp³-hybridized carbons (Fsp3) is 0.214. The van der Waals surface area contributed by atoms with Gasteiger partial charge in [-0.05, 0) is 30.5 Å². The van der Waals surface area contributed by atoms with Crippen LogP contribution >= 0.6 is 0 Å². The van der Waals surface area contributed by atoms with Crippen LogP contribution in [0.2, 0.25) is 0 Å². The van der Waals surface area contributed by atoms with E-state index in [9.17, 15) is 0 Å². The molecule has 2 nitrogen and oxygen atoms in total. The van der Waals surface area contributed by atoms with Crippen LogP contribution in [0.1, 0.15) is 11.1 Å². The normalized spacial score (nSPS) is 10.4. The molecule has 0 aliphatic carbocycles. The largest absolute Gasteiger partial charge is 0.396 e. The molecular weight excluding hydrogens is 198 g/mol. The maximum atomic E-state index is 9.03. The van der Waals surface area contributed by atoms with Gasteiger partial charge in [-0.2, -0.15) is 0 Å². The summed E-state index contributed by atoms with van der Waals surface area (Å²) in [5.74, 6) is 0. The van der Waals surface area contributed by atoms with Crippen LogP contribution in [-0.2, 0) is 6.42 Å². The van der Waals surface area contributed by atoms with Gasteiger partial charge in [0.15, 0.2) is 0 Å². The second kappa shape index (κ2) is 4.90. The zero-order valence-electron chi connectivity index (χ0n) is 9.35. The number of aliphatic hydroxyl groups is 1. The lowest BCUT2D eigenvalue weighted by atomic mass is 10.00. The minimum absolute atomic E-state index is 0.157. The van der Waals surface area contributed by atoms with Gasteiger partial charge in [0.1, 0.15) is 0 Å². The molecule has 82 valence electrons. The molecule has 0 aliphatic rings. The number of nitrogens with zero attached hydrogens (tertiary/aromatic N) is 1. The molecular formula is C14H15NO. The van der Waals surface area contributed by atoms with E-state index in [0.717, 1.165) is 16.8 Å². The Morgan fingerprint density at radius 1 is 1.12 bits per heavy atom. The highest BCUT2D eigenvalue weighted by Gasteiger charge is 2.07. The maximum absolute atomic E-state index is 9.03. The van der Waals surface area contributed by atoms with E-state index in [1.165, 1.54) is 5.56 Å². The fourth-order valence-corrected chi connectivity index (χ4v) is 1.84. The number of rotatable bonds is 3. The molecule has 0 aliphatic heterocycles. The van der Waals surface area contributed by atoms with Gasteiger partial charge in [-0.1, -0.05) is 30.3 Å². The lowest BCUT2D eigenvalue weighted by Gasteiger charge is -2.09. The number of hydrogen-bond acceptors (Lipinski definition) is 2. The third-order valence-electron chi connectivity index (χ3n) is 2.67.